The van der Waals surface area contributed by atoms with Gasteiger partial charge in [0.15, 0.2) is 0 Å². The molecular weight excluding hydrogens is 310 g/mol. The molecule has 0 aromatic heterocycles. The number of nitrogens with one attached hydrogen (secondary N) is 1. The van der Waals surface area contributed by atoms with Gasteiger partial charge in [0.2, 0.25) is 5.91 Å². The molecule has 2 N–H and O–H groups in total. The highest BCUT2D eigenvalue weighted by atomic mass is 16.5. The van der Waals surface area contributed by atoms with Crippen LogP contribution in [-0.4, -0.2) is 35.9 Å². The summed E-state index contributed by atoms with van der Waals surface area (Å²) in [5.74, 6) is -0.723. The van der Waals surface area contributed by atoms with Crippen molar-refractivity contribution in [3.05, 3.63) is 29.8 Å². The number of benzene rings is 1. The summed E-state index contributed by atoms with van der Waals surface area (Å²) in [5, 5.41) is 11.8. The van der Waals surface area contributed by atoms with Crippen molar-refractivity contribution in [2.45, 2.75) is 40.2 Å². The van der Waals surface area contributed by atoms with E-state index in [4.69, 9.17) is 4.74 Å². The molecule has 132 valence electrons. The van der Waals surface area contributed by atoms with Gasteiger partial charge in [-0.25, -0.2) is 4.79 Å². The van der Waals surface area contributed by atoms with Crippen molar-refractivity contribution in [3.8, 4) is 5.75 Å². The minimum absolute atomic E-state index is 0.0906. The van der Waals surface area contributed by atoms with Crippen LogP contribution < -0.4 is 10.1 Å². The van der Waals surface area contributed by atoms with Gasteiger partial charge in [0.25, 0.3) is 0 Å². The van der Waals surface area contributed by atoms with Gasteiger partial charge in [0, 0.05) is 5.56 Å². The minimum atomic E-state index is -1.04. The summed E-state index contributed by atoms with van der Waals surface area (Å²) in [7, 11) is 0. The Balaban J connectivity index is 2.66. The minimum Gasteiger partial charge on any atom is -0.492 e. The molecule has 1 unspecified atom stereocenters. The topological polar surface area (TPSA) is 92.7 Å². The average Bonchev–Trinajstić information content (AvgIpc) is 2.52. The van der Waals surface area contributed by atoms with Crippen molar-refractivity contribution in [2.75, 3.05) is 6.61 Å². The molecule has 1 amide bonds. The number of amides is 1. The van der Waals surface area contributed by atoms with Gasteiger partial charge in [-0.1, -0.05) is 13.8 Å². The van der Waals surface area contributed by atoms with E-state index in [1.54, 1.807) is 38.1 Å². The second-order valence-corrected chi connectivity index (χ2v) is 6.85. The highest BCUT2D eigenvalue weighted by Gasteiger charge is 2.32. The Kier molecular flexibility index (Phi) is 6.95. The van der Waals surface area contributed by atoms with E-state index < -0.39 is 17.4 Å². The van der Waals surface area contributed by atoms with Gasteiger partial charge in [-0.15, -0.1) is 0 Å². The first-order valence-electron chi connectivity index (χ1n) is 7.87. The highest BCUT2D eigenvalue weighted by molar-refractivity contribution is 5.87. The molecule has 1 atom stereocenters. The maximum atomic E-state index is 12.4. The first-order chi connectivity index (χ1) is 11.2. The predicted molar refractivity (Wildman–Crippen MR) is 90.1 cm³/mol. The Labute approximate surface area is 142 Å². The number of ether oxygens (including phenoxy) is 1. The molecule has 0 aliphatic heterocycles. The fraction of sp³-hybridized carbons (Fsp3) is 0.500. The van der Waals surface area contributed by atoms with E-state index in [1.165, 1.54) is 0 Å². The Hall–Kier alpha value is -2.37. The van der Waals surface area contributed by atoms with Crippen molar-refractivity contribution in [1.29, 1.82) is 0 Å². The number of rotatable bonds is 9. The third-order valence-electron chi connectivity index (χ3n) is 3.54. The van der Waals surface area contributed by atoms with Gasteiger partial charge in [-0.3, -0.25) is 9.59 Å². The zero-order valence-electron chi connectivity index (χ0n) is 14.5. The van der Waals surface area contributed by atoms with E-state index in [-0.39, 0.29) is 18.4 Å². The molecule has 0 fully saturated rings. The fourth-order valence-electron chi connectivity index (χ4n) is 2.02. The maximum Gasteiger partial charge on any atom is 0.326 e. The second-order valence-electron chi connectivity index (χ2n) is 6.85. The summed E-state index contributed by atoms with van der Waals surface area (Å²) < 4.78 is 5.59. The molecule has 1 aromatic rings. The van der Waals surface area contributed by atoms with Crippen LogP contribution in [0.1, 0.15) is 44.5 Å². The summed E-state index contributed by atoms with van der Waals surface area (Å²) in [6.07, 6.45) is 1.10. The predicted octanol–water partition coefficient (Wildman–Crippen LogP) is 2.52. The van der Waals surface area contributed by atoms with Crippen LogP contribution in [-0.2, 0) is 9.59 Å². The first kappa shape index (κ1) is 19.7. The third kappa shape index (κ3) is 6.02. The summed E-state index contributed by atoms with van der Waals surface area (Å²) in [5.41, 5.74) is -0.356. The average molecular weight is 335 g/mol. The molecule has 0 spiro atoms. The molecular formula is C18H25NO5. The lowest BCUT2D eigenvalue weighted by molar-refractivity contribution is -0.144. The van der Waals surface area contributed by atoms with Gasteiger partial charge < -0.3 is 15.2 Å². The van der Waals surface area contributed by atoms with E-state index in [9.17, 15) is 19.5 Å². The van der Waals surface area contributed by atoms with E-state index >= 15 is 0 Å². The Bertz CT molecular complexity index is 578. The molecule has 0 saturated heterocycles. The molecule has 0 saturated carbocycles. The van der Waals surface area contributed by atoms with Crippen LogP contribution >= 0.6 is 0 Å². The molecule has 6 heteroatoms. The molecule has 0 bridgehead atoms. The van der Waals surface area contributed by atoms with Crippen molar-refractivity contribution in [2.24, 2.45) is 11.3 Å². The molecule has 0 heterocycles. The number of carbonyl (C=O) groups excluding carboxylic acids is 2. The van der Waals surface area contributed by atoms with E-state index in [1.807, 2.05) is 13.8 Å². The number of carboxylic acids is 1. The summed E-state index contributed by atoms with van der Waals surface area (Å²) in [6, 6.07) is 5.63. The Morgan fingerprint density at radius 3 is 2.29 bits per heavy atom. The molecule has 0 aliphatic carbocycles. The largest absolute Gasteiger partial charge is 0.492 e. The zero-order chi connectivity index (χ0) is 18.3. The van der Waals surface area contributed by atoms with E-state index in [0.29, 0.717) is 17.7 Å². The van der Waals surface area contributed by atoms with Gasteiger partial charge in [0.1, 0.15) is 24.7 Å². The van der Waals surface area contributed by atoms with E-state index in [2.05, 4.69) is 5.32 Å². The fourth-order valence-corrected chi connectivity index (χ4v) is 2.02. The third-order valence-corrected chi connectivity index (χ3v) is 3.54. The van der Waals surface area contributed by atoms with Crippen molar-refractivity contribution in [1.82, 2.24) is 5.32 Å². The van der Waals surface area contributed by atoms with Crippen molar-refractivity contribution < 1.29 is 24.2 Å². The van der Waals surface area contributed by atoms with Gasteiger partial charge in [-0.05, 0) is 50.5 Å². The lowest BCUT2D eigenvalue weighted by atomic mass is 9.92. The zero-order valence-corrected chi connectivity index (χ0v) is 14.5. The van der Waals surface area contributed by atoms with Gasteiger partial charge >= 0.3 is 5.97 Å². The number of carbonyl (C=O) groups is 3. The lowest BCUT2D eigenvalue weighted by Gasteiger charge is -2.26. The van der Waals surface area contributed by atoms with Crippen LogP contribution in [0.3, 0.4) is 0 Å². The molecule has 1 rings (SSSR count). The molecule has 0 aliphatic rings. The molecule has 6 nitrogen and oxygen atoms in total. The van der Waals surface area contributed by atoms with Crippen LogP contribution in [0, 0.1) is 11.3 Å². The van der Waals surface area contributed by atoms with Gasteiger partial charge in [-0.2, -0.15) is 0 Å². The van der Waals surface area contributed by atoms with Crippen LogP contribution in [0.15, 0.2) is 24.3 Å². The van der Waals surface area contributed by atoms with Gasteiger partial charge in [0.05, 0.1) is 5.41 Å². The molecule has 0 radical (unpaired) electrons. The summed E-state index contributed by atoms with van der Waals surface area (Å²) in [6.45, 7) is 7.28. The number of hydrogen-bond acceptors (Lipinski definition) is 4. The Morgan fingerprint density at radius 1 is 1.25 bits per heavy atom. The second kappa shape index (κ2) is 8.47. The van der Waals surface area contributed by atoms with Crippen LogP contribution in [0.2, 0.25) is 0 Å². The normalized spacial score (nSPS) is 12.5. The molecule has 24 heavy (non-hydrogen) atoms. The van der Waals surface area contributed by atoms with Crippen molar-refractivity contribution >= 4 is 18.2 Å². The highest BCUT2D eigenvalue weighted by Crippen LogP contribution is 2.20. The molecule has 1 aromatic carbocycles. The quantitative estimate of drug-likeness (QED) is 0.677. The lowest BCUT2D eigenvalue weighted by Crippen LogP contribution is -2.48. The summed E-state index contributed by atoms with van der Waals surface area (Å²) >= 11 is 0. The smallest absolute Gasteiger partial charge is 0.326 e. The van der Waals surface area contributed by atoms with Crippen LogP contribution in [0.5, 0.6) is 5.75 Å². The monoisotopic (exact) mass is 335 g/mol. The number of aliphatic carboxylic acids is 1. The van der Waals surface area contributed by atoms with Crippen molar-refractivity contribution in [3.63, 3.8) is 0 Å². The SMILES string of the molecule is CC(C)CC(NC(=O)C(C)(C)COc1ccc(C=O)cc1)C(=O)O. The number of hydrogen-bond donors (Lipinski definition) is 2. The maximum absolute atomic E-state index is 12.4. The number of aldehydes is 1. The Morgan fingerprint density at radius 2 is 1.83 bits per heavy atom. The van der Waals surface area contributed by atoms with Crippen LogP contribution in [0.4, 0.5) is 0 Å². The number of carboxylic acid groups (broad SMARTS) is 1. The standard InChI is InChI=1S/C18H25NO5/c1-12(2)9-15(16(21)22)19-17(23)18(3,4)11-24-14-7-5-13(10-20)6-8-14/h5-8,10,12,15H,9,11H2,1-4H3,(H,19,23)(H,21,22). The first-order valence-corrected chi connectivity index (χ1v) is 7.87. The van der Waals surface area contributed by atoms with E-state index in [0.717, 1.165) is 6.29 Å². The summed E-state index contributed by atoms with van der Waals surface area (Å²) in [4.78, 5) is 34.3. The van der Waals surface area contributed by atoms with Crippen LogP contribution in [0.25, 0.3) is 0 Å².